The van der Waals surface area contributed by atoms with Gasteiger partial charge in [-0.15, -0.1) is 12.4 Å². The fourth-order valence-corrected chi connectivity index (χ4v) is 1.96. The Morgan fingerprint density at radius 2 is 1.70 bits per heavy atom. The van der Waals surface area contributed by atoms with Gasteiger partial charge in [0, 0.05) is 13.6 Å². The van der Waals surface area contributed by atoms with Gasteiger partial charge in [0.25, 0.3) is 0 Å². The molecule has 0 aliphatic carbocycles. The number of nitrogens with two attached hydrogens (primary N) is 1. The molecule has 0 aromatic heterocycles. The van der Waals surface area contributed by atoms with Crippen LogP contribution in [0.2, 0.25) is 0 Å². The van der Waals surface area contributed by atoms with Crippen molar-refractivity contribution in [2.45, 2.75) is 39.8 Å². The van der Waals surface area contributed by atoms with Gasteiger partial charge in [-0.1, -0.05) is 45.0 Å². The van der Waals surface area contributed by atoms with Gasteiger partial charge in [-0.05, 0) is 23.5 Å². The van der Waals surface area contributed by atoms with E-state index in [0.717, 1.165) is 12.0 Å². The summed E-state index contributed by atoms with van der Waals surface area (Å²) in [5.74, 6) is -0.377. The number of hydrogen-bond acceptors (Lipinski definition) is 3. The predicted octanol–water partition coefficient (Wildman–Crippen LogP) is 1.73. The van der Waals surface area contributed by atoms with Crippen molar-refractivity contribution in [1.82, 2.24) is 10.2 Å². The molecule has 0 aliphatic heterocycles. The number of aryl methyl sites for hydroxylation is 1. The van der Waals surface area contributed by atoms with Gasteiger partial charge < -0.3 is 16.0 Å². The van der Waals surface area contributed by atoms with Gasteiger partial charge in [-0.2, -0.15) is 0 Å². The SMILES string of the molecule is CCc1ccc(CN(C)C(=O)CNC(=O)[C@@H](N)C(C)C)cc1.Cl. The number of hydrogen-bond donors (Lipinski definition) is 2. The zero-order valence-electron chi connectivity index (χ0n) is 14.3. The summed E-state index contributed by atoms with van der Waals surface area (Å²) >= 11 is 0. The predicted molar refractivity (Wildman–Crippen MR) is 95.4 cm³/mol. The number of likely N-dealkylation sites (N-methyl/N-ethyl adjacent to an activating group) is 1. The highest BCUT2D eigenvalue weighted by atomic mass is 35.5. The molecule has 3 N–H and O–H groups in total. The van der Waals surface area contributed by atoms with Crippen LogP contribution in [0, 0.1) is 5.92 Å². The highest BCUT2D eigenvalue weighted by Crippen LogP contribution is 2.07. The minimum Gasteiger partial charge on any atom is -0.346 e. The third-order valence-electron chi connectivity index (χ3n) is 3.71. The quantitative estimate of drug-likeness (QED) is 0.793. The van der Waals surface area contributed by atoms with E-state index in [-0.39, 0.29) is 36.7 Å². The molecular formula is C17H28ClN3O2. The summed E-state index contributed by atoms with van der Waals surface area (Å²) in [6.07, 6.45) is 0.997. The fourth-order valence-electron chi connectivity index (χ4n) is 1.96. The summed E-state index contributed by atoms with van der Waals surface area (Å²) in [6.45, 7) is 6.35. The Labute approximate surface area is 145 Å². The Morgan fingerprint density at radius 1 is 1.17 bits per heavy atom. The zero-order chi connectivity index (χ0) is 16.7. The summed E-state index contributed by atoms with van der Waals surface area (Å²) in [5.41, 5.74) is 8.08. The number of benzene rings is 1. The topological polar surface area (TPSA) is 75.4 Å². The molecule has 1 rings (SSSR count). The molecule has 6 heteroatoms. The number of amides is 2. The molecular weight excluding hydrogens is 314 g/mol. The Kier molecular flexibility index (Phi) is 9.53. The first-order chi connectivity index (χ1) is 10.3. The third kappa shape index (κ3) is 7.01. The van der Waals surface area contributed by atoms with Crippen molar-refractivity contribution in [1.29, 1.82) is 0 Å². The van der Waals surface area contributed by atoms with Crippen LogP contribution in [0.15, 0.2) is 24.3 Å². The average molecular weight is 342 g/mol. The largest absolute Gasteiger partial charge is 0.346 e. The normalized spacial score (nSPS) is 11.6. The smallest absolute Gasteiger partial charge is 0.242 e. The van der Waals surface area contributed by atoms with Crippen molar-refractivity contribution in [3.63, 3.8) is 0 Å². The van der Waals surface area contributed by atoms with Crippen LogP contribution in [-0.2, 0) is 22.6 Å². The summed E-state index contributed by atoms with van der Waals surface area (Å²) in [7, 11) is 1.73. The summed E-state index contributed by atoms with van der Waals surface area (Å²) in [6, 6.07) is 7.60. The van der Waals surface area contributed by atoms with Gasteiger partial charge in [0.2, 0.25) is 11.8 Å². The molecule has 1 aromatic carbocycles. The third-order valence-corrected chi connectivity index (χ3v) is 3.71. The standard InChI is InChI=1S/C17H27N3O2.ClH/c1-5-13-6-8-14(9-7-13)11-20(4)15(21)10-19-17(22)16(18)12(2)3;/h6-9,12,16H,5,10-11,18H2,1-4H3,(H,19,22);1H/t16-;/m0./s1. The van der Waals surface area contributed by atoms with Crippen LogP contribution in [0.4, 0.5) is 0 Å². The molecule has 5 nitrogen and oxygen atoms in total. The number of rotatable bonds is 7. The second kappa shape index (κ2) is 10.2. The van der Waals surface area contributed by atoms with E-state index in [0.29, 0.717) is 6.54 Å². The lowest BCUT2D eigenvalue weighted by Crippen LogP contribution is -2.47. The summed E-state index contributed by atoms with van der Waals surface area (Å²) < 4.78 is 0. The Balaban J connectivity index is 0.00000484. The number of nitrogens with zero attached hydrogens (tertiary/aromatic N) is 1. The summed E-state index contributed by atoms with van der Waals surface area (Å²) in [4.78, 5) is 25.4. The Bertz CT molecular complexity index is 503. The second-order valence-electron chi connectivity index (χ2n) is 5.91. The van der Waals surface area contributed by atoms with E-state index in [9.17, 15) is 9.59 Å². The van der Waals surface area contributed by atoms with Crippen molar-refractivity contribution in [3.8, 4) is 0 Å². The van der Waals surface area contributed by atoms with Crippen molar-refractivity contribution in [2.24, 2.45) is 11.7 Å². The van der Waals surface area contributed by atoms with Gasteiger partial charge in [-0.3, -0.25) is 9.59 Å². The first-order valence-electron chi connectivity index (χ1n) is 7.70. The monoisotopic (exact) mass is 341 g/mol. The van der Waals surface area contributed by atoms with Crippen LogP contribution < -0.4 is 11.1 Å². The van der Waals surface area contributed by atoms with Crippen molar-refractivity contribution < 1.29 is 9.59 Å². The van der Waals surface area contributed by atoms with Crippen LogP contribution in [0.25, 0.3) is 0 Å². The van der Waals surface area contributed by atoms with E-state index in [1.165, 1.54) is 5.56 Å². The molecule has 0 unspecified atom stereocenters. The van der Waals surface area contributed by atoms with Crippen LogP contribution in [0.1, 0.15) is 31.9 Å². The maximum atomic E-state index is 12.0. The molecule has 0 heterocycles. The Morgan fingerprint density at radius 3 is 2.17 bits per heavy atom. The molecule has 0 saturated heterocycles. The van der Waals surface area contributed by atoms with Crippen LogP contribution in [0.3, 0.4) is 0 Å². The van der Waals surface area contributed by atoms with Crippen molar-refractivity contribution in [2.75, 3.05) is 13.6 Å². The first-order valence-corrected chi connectivity index (χ1v) is 7.70. The lowest BCUT2D eigenvalue weighted by atomic mass is 10.1. The fraction of sp³-hybridized carbons (Fsp3) is 0.529. The maximum absolute atomic E-state index is 12.0. The van der Waals surface area contributed by atoms with Crippen LogP contribution >= 0.6 is 12.4 Å². The molecule has 1 atom stereocenters. The van der Waals surface area contributed by atoms with Crippen LogP contribution in [0.5, 0.6) is 0 Å². The lowest BCUT2D eigenvalue weighted by Gasteiger charge is -2.19. The van der Waals surface area contributed by atoms with E-state index in [1.807, 2.05) is 26.0 Å². The molecule has 0 radical (unpaired) electrons. The maximum Gasteiger partial charge on any atom is 0.242 e. The minimum atomic E-state index is -0.584. The van der Waals surface area contributed by atoms with E-state index in [2.05, 4.69) is 24.4 Å². The molecule has 23 heavy (non-hydrogen) atoms. The zero-order valence-corrected chi connectivity index (χ0v) is 15.2. The second-order valence-corrected chi connectivity index (χ2v) is 5.91. The van der Waals surface area contributed by atoms with Crippen LogP contribution in [-0.4, -0.2) is 36.3 Å². The minimum absolute atomic E-state index is 0. The molecule has 0 saturated carbocycles. The van der Waals surface area contributed by atoms with Crippen molar-refractivity contribution in [3.05, 3.63) is 35.4 Å². The van der Waals surface area contributed by atoms with E-state index < -0.39 is 6.04 Å². The highest BCUT2D eigenvalue weighted by Gasteiger charge is 2.18. The number of carbonyl (C=O) groups is 2. The van der Waals surface area contributed by atoms with Crippen molar-refractivity contribution >= 4 is 24.2 Å². The molecule has 0 fully saturated rings. The molecule has 0 spiro atoms. The van der Waals surface area contributed by atoms with E-state index >= 15 is 0 Å². The molecule has 130 valence electrons. The van der Waals surface area contributed by atoms with Gasteiger partial charge in [0.1, 0.15) is 0 Å². The Hall–Kier alpha value is -1.59. The van der Waals surface area contributed by atoms with E-state index in [4.69, 9.17) is 5.73 Å². The highest BCUT2D eigenvalue weighted by molar-refractivity contribution is 5.87. The molecule has 1 aromatic rings. The first kappa shape index (κ1) is 21.4. The average Bonchev–Trinajstić information content (AvgIpc) is 2.51. The molecule has 2 amide bonds. The van der Waals surface area contributed by atoms with Gasteiger partial charge >= 0.3 is 0 Å². The molecule has 0 aliphatic rings. The number of nitrogens with one attached hydrogen (secondary N) is 1. The van der Waals surface area contributed by atoms with Gasteiger partial charge in [0.05, 0.1) is 12.6 Å². The number of carbonyl (C=O) groups excluding carboxylic acids is 2. The summed E-state index contributed by atoms with van der Waals surface area (Å²) in [5, 5.41) is 2.59. The lowest BCUT2D eigenvalue weighted by molar-refractivity contribution is -0.132. The van der Waals surface area contributed by atoms with Gasteiger partial charge in [-0.25, -0.2) is 0 Å². The van der Waals surface area contributed by atoms with Gasteiger partial charge in [0.15, 0.2) is 0 Å². The number of halogens is 1. The molecule has 0 bridgehead atoms. The van der Waals surface area contributed by atoms with E-state index in [1.54, 1.807) is 11.9 Å².